The van der Waals surface area contributed by atoms with Crippen LogP contribution >= 0.6 is 0 Å². The Bertz CT molecular complexity index is 605. The summed E-state index contributed by atoms with van der Waals surface area (Å²) in [7, 11) is -4.92. The molecule has 1 amide bonds. The molecule has 0 fully saturated rings. The van der Waals surface area contributed by atoms with Gasteiger partial charge in [-0.1, -0.05) is 6.07 Å². The molecule has 0 aliphatic carbocycles. The van der Waals surface area contributed by atoms with Crippen LogP contribution in [0.1, 0.15) is 11.1 Å². The Kier molecular flexibility index (Phi) is 4.33. The van der Waals surface area contributed by atoms with Crippen LogP contribution in [0.25, 0.3) is 0 Å². The molecule has 0 aliphatic rings. The lowest BCUT2D eigenvalue weighted by Gasteiger charge is -2.20. The van der Waals surface area contributed by atoms with Crippen LogP contribution in [0.2, 0.25) is 0 Å². The first-order valence-electron chi connectivity index (χ1n) is 5.33. The number of halogens is 3. The third-order valence-electron chi connectivity index (χ3n) is 2.39. The quantitative estimate of drug-likeness (QED) is 0.896. The molecule has 1 aromatic carbocycles. The second-order valence-corrected chi connectivity index (χ2v) is 6.27. The van der Waals surface area contributed by atoms with Gasteiger partial charge in [-0.2, -0.15) is 13.2 Å². The summed E-state index contributed by atoms with van der Waals surface area (Å²) in [5.74, 6) is 0. The zero-order valence-electron chi connectivity index (χ0n) is 10.5. The van der Waals surface area contributed by atoms with Crippen molar-refractivity contribution in [1.29, 1.82) is 0 Å². The summed E-state index contributed by atoms with van der Waals surface area (Å²) >= 11 is 0. The average molecular weight is 311 g/mol. The van der Waals surface area contributed by atoms with Crippen molar-refractivity contribution in [3.63, 3.8) is 0 Å². The van der Waals surface area contributed by atoms with Crippen LogP contribution in [0.3, 0.4) is 0 Å². The van der Waals surface area contributed by atoms with E-state index in [0.29, 0.717) is 11.1 Å². The van der Waals surface area contributed by atoms with E-state index in [1.54, 1.807) is 6.07 Å². The molecule has 0 saturated carbocycles. The van der Waals surface area contributed by atoms with E-state index in [1.165, 1.54) is 13.8 Å². The fourth-order valence-electron chi connectivity index (χ4n) is 1.68. The van der Waals surface area contributed by atoms with Crippen LogP contribution in [0.15, 0.2) is 23.1 Å². The Balaban J connectivity index is 3.40. The predicted molar refractivity (Wildman–Crippen MR) is 64.1 cm³/mol. The summed E-state index contributed by atoms with van der Waals surface area (Å²) in [6.07, 6.45) is -7.32. The van der Waals surface area contributed by atoms with Crippen LogP contribution in [-0.2, 0) is 9.84 Å². The molecule has 1 atom stereocenters. The second kappa shape index (κ2) is 5.31. The lowest BCUT2D eigenvalue weighted by Crippen LogP contribution is -2.50. The second-order valence-electron chi connectivity index (χ2n) is 4.24. The molecule has 20 heavy (non-hydrogen) atoms. The Labute approximate surface area is 113 Å². The first kappa shape index (κ1) is 16.3. The van der Waals surface area contributed by atoms with Gasteiger partial charge in [0.15, 0.2) is 0 Å². The zero-order valence-corrected chi connectivity index (χ0v) is 11.3. The molecule has 0 heterocycles. The number of hydrogen-bond acceptors (Lipinski definition) is 3. The van der Waals surface area contributed by atoms with E-state index in [-0.39, 0.29) is 0 Å². The normalized spacial score (nSPS) is 13.8. The van der Waals surface area contributed by atoms with Gasteiger partial charge in [0.1, 0.15) is 0 Å². The highest BCUT2D eigenvalue weighted by atomic mass is 32.2. The first-order chi connectivity index (χ1) is 8.94. The third kappa shape index (κ3) is 3.62. The van der Waals surface area contributed by atoms with E-state index in [4.69, 9.17) is 5.11 Å². The maximum atomic E-state index is 12.8. The molecule has 0 spiro atoms. The minimum atomic E-state index is -5.26. The number of hydrogen-bond donors (Lipinski definition) is 2. The molecule has 0 saturated heterocycles. The molecule has 9 heteroatoms. The van der Waals surface area contributed by atoms with E-state index in [2.05, 4.69) is 0 Å². The number of amides is 1. The fourth-order valence-corrected chi connectivity index (χ4v) is 3.26. The van der Waals surface area contributed by atoms with Crippen LogP contribution in [0, 0.1) is 13.8 Å². The Hall–Kier alpha value is -1.77. The van der Waals surface area contributed by atoms with Crippen molar-refractivity contribution >= 4 is 15.9 Å². The van der Waals surface area contributed by atoms with Gasteiger partial charge in [-0.3, -0.25) is 5.32 Å². The third-order valence-corrected chi connectivity index (χ3v) is 4.28. The number of carbonyl (C=O) groups is 1. The Morgan fingerprint density at radius 3 is 2.00 bits per heavy atom. The van der Waals surface area contributed by atoms with Crippen LogP contribution in [0.4, 0.5) is 18.0 Å². The molecule has 0 bridgehead atoms. The van der Waals surface area contributed by atoms with Gasteiger partial charge in [0.05, 0.1) is 4.90 Å². The molecular weight excluding hydrogens is 299 g/mol. The summed E-state index contributed by atoms with van der Waals surface area (Å²) in [5.41, 5.74) is 0.916. The summed E-state index contributed by atoms with van der Waals surface area (Å²) in [6.45, 7) is 3.05. The molecule has 2 N–H and O–H groups in total. The first-order valence-corrected chi connectivity index (χ1v) is 6.87. The molecule has 1 unspecified atom stereocenters. The van der Waals surface area contributed by atoms with E-state index < -0.39 is 32.4 Å². The molecular formula is C11H12F3NO4S. The number of rotatable bonds is 3. The maximum Gasteiger partial charge on any atom is 0.423 e. The van der Waals surface area contributed by atoms with Gasteiger partial charge in [0.2, 0.25) is 15.2 Å². The van der Waals surface area contributed by atoms with E-state index in [9.17, 15) is 26.4 Å². The molecule has 0 aromatic heterocycles. The molecule has 112 valence electrons. The molecule has 5 nitrogen and oxygen atoms in total. The van der Waals surface area contributed by atoms with Crippen molar-refractivity contribution in [2.75, 3.05) is 0 Å². The predicted octanol–water partition coefficient (Wildman–Crippen LogP) is 2.23. The number of nitrogens with one attached hydrogen (secondary N) is 1. The molecule has 1 rings (SSSR count). The molecule has 0 aliphatic heterocycles. The topological polar surface area (TPSA) is 83.5 Å². The van der Waals surface area contributed by atoms with Crippen LogP contribution in [-0.4, -0.2) is 31.2 Å². The highest BCUT2D eigenvalue weighted by Crippen LogP contribution is 2.29. The van der Waals surface area contributed by atoms with Gasteiger partial charge in [-0.05, 0) is 37.1 Å². The Morgan fingerprint density at radius 1 is 1.20 bits per heavy atom. The highest BCUT2D eigenvalue weighted by molar-refractivity contribution is 7.92. The lowest BCUT2D eigenvalue weighted by molar-refractivity contribution is -0.134. The van der Waals surface area contributed by atoms with E-state index in [0.717, 1.165) is 17.4 Å². The molecule has 1 aromatic rings. The van der Waals surface area contributed by atoms with Gasteiger partial charge in [0.25, 0.3) is 0 Å². The standard InChI is InChI=1S/C11H12F3NO4S/c1-6-3-7(2)5-8(4-6)20(18,19)9(11(12,13)14)15-10(16)17/h3-5,9,15H,1-2H3,(H,16,17). The van der Waals surface area contributed by atoms with Crippen LogP contribution in [0.5, 0.6) is 0 Å². The maximum absolute atomic E-state index is 12.8. The SMILES string of the molecule is Cc1cc(C)cc(S(=O)(=O)C(NC(=O)O)C(F)(F)F)c1. The monoisotopic (exact) mass is 311 g/mol. The summed E-state index contributed by atoms with van der Waals surface area (Å²) in [6, 6.07) is 3.71. The number of alkyl halides is 3. The smallest absolute Gasteiger partial charge is 0.423 e. The largest absolute Gasteiger partial charge is 0.465 e. The minimum Gasteiger partial charge on any atom is -0.465 e. The average Bonchev–Trinajstić information content (AvgIpc) is 2.22. The van der Waals surface area contributed by atoms with Gasteiger partial charge in [-0.25, -0.2) is 13.2 Å². The lowest BCUT2D eigenvalue weighted by atomic mass is 10.2. The number of carboxylic acid groups (broad SMARTS) is 1. The van der Waals surface area contributed by atoms with Crippen molar-refractivity contribution in [3.05, 3.63) is 29.3 Å². The zero-order chi connectivity index (χ0) is 15.7. The van der Waals surface area contributed by atoms with Gasteiger partial charge in [0, 0.05) is 0 Å². The fraction of sp³-hybridized carbons (Fsp3) is 0.364. The van der Waals surface area contributed by atoms with Crippen molar-refractivity contribution in [1.82, 2.24) is 5.32 Å². The number of sulfone groups is 1. The van der Waals surface area contributed by atoms with Crippen LogP contribution < -0.4 is 5.32 Å². The number of benzene rings is 1. The molecule has 0 radical (unpaired) electrons. The summed E-state index contributed by atoms with van der Waals surface area (Å²) in [5, 5.41) is 6.19. The van der Waals surface area contributed by atoms with Gasteiger partial charge < -0.3 is 5.11 Å². The van der Waals surface area contributed by atoms with Gasteiger partial charge in [-0.15, -0.1) is 0 Å². The van der Waals surface area contributed by atoms with Crippen molar-refractivity contribution in [2.24, 2.45) is 0 Å². The van der Waals surface area contributed by atoms with Gasteiger partial charge >= 0.3 is 12.3 Å². The summed E-state index contributed by atoms with van der Waals surface area (Å²) in [4.78, 5) is 9.81. The van der Waals surface area contributed by atoms with E-state index in [1.807, 2.05) is 0 Å². The Morgan fingerprint density at radius 2 is 1.65 bits per heavy atom. The van der Waals surface area contributed by atoms with Crippen molar-refractivity contribution < 1.29 is 31.5 Å². The van der Waals surface area contributed by atoms with Crippen molar-refractivity contribution in [3.8, 4) is 0 Å². The number of aryl methyl sites for hydroxylation is 2. The summed E-state index contributed by atoms with van der Waals surface area (Å²) < 4.78 is 62.2. The van der Waals surface area contributed by atoms with E-state index >= 15 is 0 Å². The highest BCUT2D eigenvalue weighted by Gasteiger charge is 2.50. The minimum absolute atomic E-state index is 0.458. The van der Waals surface area contributed by atoms with Crippen molar-refractivity contribution in [2.45, 2.75) is 30.3 Å².